The van der Waals surface area contributed by atoms with Crippen molar-refractivity contribution in [3.63, 3.8) is 0 Å². The molecule has 1 atom stereocenters. The number of carbonyl (C=O) groups excluding carboxylic acids is 1. The summed E-state index contributed by atoms with van der Waals surface area (Å²) in [6.45, 7) is 3.89. The van der Waals surface area contributed by atoms with Crippen LogP contribution in [-0.4, -0.2) is 29.7 Å². The highest BCUT2D eigenvalue weighted by atomic mass is 19.1. The molecule has 110 valence electrons. The standard InChI is InChI=1S/C14H19FN2O3/c1-3-6-12(13(18)19)16-14(20)17(4-2)11-8-5-7-10(15)9-11/h5,7-9,12H,3-4,6H2,1-2H3,(H,16,20)(H,18,19)/t12-/m1/s1. The SMILES string of the molecule is CCC[C@@H](NC(=O)N(CC)c1cccc(F)c1)C(=O)O. The Balaban J connectivity index is 2.84. The molecule has 2 N–H and O–H groups in total. The third-order valence-electron chi connectivity index (χ3n) is 2.85. The van der Waals surface area contributed by atoms with E-state index in [1.54, 1.807) is 13.0 Å². The summed E-state index contributed by atoms with van der Waals surface area (Å²) < 4.78 is 13.2. The van der Waals surface area contributed by atoms with E-state index in [2.05, 4.69) is 5.32 Å². The molecular formula is C14H19FN2O3. The average Bonchev–Trinajstić information content (AvgIpc) is 2.39. The summed E-state index contributed by atoms with van der Waals surface area (Å²) in [4.78, 5) is 24.4. The van der Waals surface area contributed by atoms with Crippen molar-refractivity contribution in [3.8, 4) is 0 Å². The number of carbonyl (C=O) groups is 2. The van der Waals surface area contributed by atoms with E-state index >= 15 is 0 Å². The molecule has 0 bridgehead atoms. The lowest BCUT2D eigenvalue weighted by Crippen LogP contribution is -2.48. The fourth-order valence-electron chi connectivity index (χ4n) is 1.86. The van der Waals surface area contributed by atoms with E-state index in [9.17, 15) is 14.0 Å². The molecule has 1 aromatic carbocycles. The highest BCUT2D eigenvalue weighted by Crippen LogP contribution is 2.15. The number of nitrogens with one attached hydrogen (secondary N) is 1. The highest BCUT2D eigenvalue weighted by molar-refractivity contribution is 5.94. The van der Waals surface area contributed by atoms with Crippen LogP contribution in [-0.2, 0) is 4.79 Å². The zero-order chi connectivity index (χ0) is 15.1. The van der Waals surface area contributed by atoms with Crippen LogP contribution in [0.15, 0.2) is 24.3 Å². The largest absolute Gasteiger partial charge is 0.480 e. The van der Waals surface area contributed by atoms with Crippen LogP contribution in [0.1, 0.15) is 26.7 Å². The molecule has 0 aromatic heterocycles. The number of hydrogen-bond donors (Lipinski definition) is 2. The second kappa shape index (κ2) is 7.47. The lowest BCUT2D eigenvalue weighted by Gasteiger charge is -2.24. The first-order valence-corrected chi connectivity index (χ1v) is 6.56. The fraction of sp³-hybridized carbons (Fsp3) is 0.429. The average molecular weight is 282 g/mol. The maximum Gasteiger partial charge on any atom is 0.326 e. The number of nitrogens with zero attached hydrogens (tertiary/aromatic N) is 1. The predicted octanol–water partition coefficient (Wildman–Crippen LogP) is 2.61. The first-order valence-electron chi connectivity index (χ1n) is 6.56. The van der Waals surface area contributed by atoms with Crippen molar-refractivity contribution in [1.82, 2.24) is 5.32 Å². The van der Waals surface area contributed by atoms with Gasteiger partial charge in [-0.15, -0.1) is 0 Å². The third kappa shape index (κ3) is 4.22. The van der Waals surface area contributed by atoms with E-state index in [0.29, 0.717) is 25.1 Å². The van der Waals surface area contributed by atoms with Gasteiger partial charge in [-0.05, 0) is 31.5 Å². The van der Waals surface area contributed by atoms with Gasteiger partial charge in [0.15, 0.2) is 0 Å². The van der Waals surface area contributed by atoms with E-state index in [0.717, 1.165) is 0 Å². The Morgan fingerprint density at radius 2 is 2.10 bits per heavy atom. The van der Waals surface area contributed by atoms with Gasteiger partial charge in [-0.25, -0.2) is 14.0 Å². The van der Waals surface area contributed by atoms with Crippen LogP contribution in [0, 0.1) is 5.82 Å². The van der Waals surface area contributed by atoms with Crippen LogP contribution in [0.5, 0.6) is 0 Å². The number of anilines is 1. The van der Waals surface area contributed by atoms with E-state index in [1.165, 1.54) is 23.1 Å². The second-order valence-electron chi connectivity index (χ2n) is 4.35. The van der Waals surface area contributed by atoms with Crippen LogP contribution < -0.4 is 10.2 Å². The minimum Gasteiger partial charge on any atom is -0.480 e. The molecule has 0 aliphatic heterocycles. The predicted molar refractivity (Wildman–Crippen MR) is 74.3 cm³/mol. The van der Waals surface area contributed by atoms with Gasteiger partial charge in [0.1, 0.15) is 11.9 Å². The number of benzene rings is 1. The van der Waals surface area contributed by atoms with Crippen LogP contribution in [0.25, 0.3) is 0 Å². The zero-order valence-corrected chi connectivity index (χ0v) is 11.6. The van der Waals surface area contributed by atoms with Crippen molar-refractivity contribution < 1.29 is 19.1 Å². The number of hydrogen-bond acceptors (Lipinski definition) is 2. The van der Waals surface area contributed by atoms with Crippen LogP contribution in [0.2, 0.25) is 0 Å². The Labute approximate surface area is 117 Å². The van der Waals surface area contributed by atoms with Crippen molar-refractivity contribution >= 4 is 17.7 Å². The number of amides is 2. The van der Waals surface area contributed by atoms with Gasteiger partial charge in [-0.1, -0.05) is 19.4 Å². The lowest BCUT2D eigenvalue weighted by molar-refractivity contribution is -0.139. The fourth-order valence-corrected chi connectivity index (χ4v) is 1.86. The van der Waals surface area contributed by atoms with Crippen molar-refractivity contribution in [3.05, 3.63) is 30.1 Å². The first-order chi connectivity index (χ1) is 9.49. The monoisotopic (exact) mass is 282 g/mol. The summed E-state index contributed by atoms with van der Waals surface area (Å²) in [5, 5.41) is 11.5. The Morgan fingerprint density at radius 3 is 2.60 bits per heavy atom. The Kier molecular flexibility index (Phi) is 5.96. The molecule has 0 fully saturated rings. The Hall–Kier alpha value is -2.11. The van der Waals surface area contributed by atoms with E-state index in [4.69, 9.17) is 5.11 Å². The van der Waals surface area contributed by atoms with E-state index in [-0.39, 0.29) is 0 Å². The zero-order valence-electron chi connectivity index (χ0n) is 11.6. The molecule has 0 aliphatic carbocycles. The van der Waals surface area contributed by atoms with Crippen molar-refractivity contribution in [2.75, 3.05) is 11.4 Å². The molecular weight excluding hydrogens is 263 g/mol. The van der Waals surface area contributed by atoms with Crippen molar-refractivity contribution in [1.29, 1.82) is 0 Å². The summed E-state index contributed by atoms with van der Waals surface area (Å²) in [6.07, 6.45) is 0.991. The second-order valence-corrected chi connectivity index (χ2v) is 4.35. The first kappa shape index (κ1) is 15.9. The van der Waals surface area contributed by atoms with Gasteiger partial charge >= 0.3 is 12.0 Å². The van der Waals surface area contributed by atoms with Gasteiger partial charge in [0, 0.05) is 12.2 Å². The van der Waals surface area contributed by atoms with Crippen LogP contribution >= 0.6 is 0 Å². The van der Waals surface area contributed by atoms with Gasteiger partial charge in [-0.3, -0.25) is 4.90 Å². The van der Waals surface area contributed by atoms with E-state index in [1.807, 2.05) is 6.92 Å². The molecule has 6 heteroatoms. The normalized spacial score (nSPS) is 11.8. The number of carboxylic acids is 1. The molecule has 0 aliphatic rings. The van der Waals surface area contributed by atoms with Gasteiger partial charge in [0.2, 0.25) is 0 Å². The maximum absolute atomic E-state index is 13.2. The van der Waals surface area contributed by atoms with Crippen molar-refractivity contribution in [2.24, 2.45) is 0 Å². The molecule has 0 saturated heterocycles. The van der Waals surface area contributed by atoms with Crippen molar-refractivity contribution in [2.45, 2.75) is 32.7 Å². The molecule has 0 saturated carbocycles. The molecule has 5 nitrogen and oxygen atoms in total. The molecule has 2 amide bonds. The number of aliphatic carboxylic acids is 1. The molecule has 0 unspecified atom stereocenters. The number of rotatable bonds is 6. The smallest absolute Gasteiger partial charge is 0.326 e. The molecule has 0 heterocycles. The lowest BCUT2D eigenvalue weighted by atomic mass is 10.2. The van der Waals surface area contributed by atoms with Gasteiger partial charge in [-0.2, -0.15) is 0 Å². The minimum atomic E-state index is -1.07. The molecule has 1 rings (SSSR count). The summed E-state index contributed by atoms with van der Waals surface area (Å²) in [5.41, 5.74) is 0.394. The van der Waals surface area contributed by atoms with Gasteiger partial charge in [0.25, 0.3) is 0 Å². The van der Waals surface area contributed by atoms with Gasteiger partial charge in [0.05, 0.1) is 0 Å². The Bertz CT molecular complexity index is 479. The topological polar surface area (TPSA) is 69.6 Å². The minimum absolute atomic E-state index is 0.313. The van der Waals surface area contributed by atoms with Crippen LogP contribution in [0.4, 0.5) is 14.9 Å². The third-order valence-corrected chi connectivity index (χ3v) is 2.85. The van der Waals surface area contributed by atoms with Crippen LogP contribution in [0.3, 0.4) is 0 Å². The molecule has 1 aromatic rings. The quantitative estimate of drug-likeness (QED) is 0.842. The number of halogens is 1. The highest BCUT2D eigenvalue weighted by Gasteiger charge is 2.22. The maximum atomic E-state index is 13.2. The summed E-state index contributed by atoms with van der Waals surface area (Å²) >= 11 is 0. The van der Waals surface area contributed by atoms with Gasteiger partial charge < -0.3 is 10.4 Å². The summed E-state index contributed by atoms with van der Waals surface area (Å²) in [6, 6.07) is 4.14. The summed E-state index contributed by atoms with van der Waals surface area (Å²) in [7, 11) is 0. The molecule has 0 radical (unpaired) electrons. The number of urea groups is 1. The van der Waals surface area contributed by atoms with E-state index < -0.39 is 23.9 Å². The summed E-state index contributed by atoms with van der Waals surface area (Å²) in [5.74, 6) is -1.52. The number of carboxylic acid groups (broad SMARTS) is 1. The molecule has 0 spiro atoms. The Morgan fingerprint density at radius 1 is 1.40 bits per heavy atom. The molecule has 20 heavy (non-hydrogen) atoms.